The first-order chi connectivity index (χ1) is 8.25. The van der Waals surface area contributed by atoms with Crippen molar-refractivity contribution in [2.75, 3.05) is 11.5 Å². The van der Waals surface area contributed by atoms with Gasteiger partial charge >= 0.3 is 0 Å². The number of anilines is 2. The van der Waals surface area contributed by atoms with E-state index in [0.717, 1.165) is 11.0 Å². The molecule has 0 aliphatic carbocycles. The second kappa shape index (κ2) is 3.44. The molecule has 0 aliphatic rings. The molecule has 0 fully saturated rings. The number of para-hydroxylation sites is 2. The minimum Gasteiger partial charge on any atom is -0.384 e. The Morgan fingerprint density at radius 2 is 1.88 bits per heavy atom. The molecule has 17 heavy (non-hydrogen) atoms. The van der Waals surface area contributed by atoms with Crippen molar-refractivity contribution in [3.8, 4) is 5.82 Å². The molecule has 2 aromatic heterocycles. The summed E-state index contributed by atoms with van der Waals surface area (Å²) in [6.07, 6.45) is 1.40. The van der Waals surface area contributed by atoms with E-state index in [2.05, 4.69) is 15.0 Å². The van der Waals surface area contributed by atoms with Gasteiger partial charge in [-0.05, 0) is 12.1 Å². The highest BCUT2D eigenvalue weighted by molar-refractivity contribution is 5.80. The Hall–Kier alpha value is -2.63. The van der Waals surface area contributed by atoms with E-state index in [9.17, 15) is 0 Å². The van der Waals surface area contributed by atoms with Crippen LogP contribution in [-0.4, -0.2) is 19.5 Å². The molecule has 0 amide bonds. The van der Waals surface area contributed by atoms with Crippen LogP contribution >= 0.6 is 0 Å². The normalized spacial score (nSPS) is 10.8. The first-order valence-corrected chi connectivity index (χ1v) is 5.06. The summed E-state index contributed by atoms with van der Waals surface area (Å²) in [5, 5.41) is 0. The lowest BCUT2D eigenvalue weighted by Crippen LogP contribution is -2.04. The van der Waals surface area contributed by atoms with Crippen LogP contribution in [0, 0.1) is 0 Å². The largest absolute Gasteiger partial charge is 0.384 e. The lowest BCUT2D eigenvalue weighted by atomic mass is 10.3. The summed E-state index contributed by atoms with van der Waals surface area (Å²) in [6, 6.07) is 9.31. The van der Waals surface area contributed by atoms with Crippen molar-refractivity contribution < 1.29 is 0 Å². The third-order valence-electron chi connectivity index (χ3n) is 2.49. The first-order valence-electron chi connectivity index (χ1n) is 5.06. The molecule has 0 spiro atoms. The molecule has 1 aromatic carbocycles. The Balaban J connectivity index is 2.33. The van der Waals surface area contributed by atoms with E-state index in [1.54, 1.807) is 10.6 Å². The summed E-state index contributed by atoms with van der Waals surface area (Å²) in [7, 11) is 0. The fourth-order valence-corrected chi connectivity index (χ4v) is 1.77. The second-order valence-corrected chi connectivity index (χ2v) is 3.60. The third-order valence-corrected chi connectivity index (χ3v) is 2.49. The number of fused-ring (bicyclic) bond motifs is 1. The average molecular weight is 226 g/mol. The van der Waals surface area contributed by atoms with Crippen LogP contribution in [-0.2, 0) is 0 Å². The number of benzene rings is 1. The highest BCUT2D eigenvalue weighted by atomic mass is 15.2. The van der Waals surface area contributed by atoms with E-state index >= 15 is 0 Å². The van der Waals surface area contributed by atoms with Gasteiger partial charge in [0.15, 0.2) is 0 Å². The Bertz CT molecular complexity index is 687. The highest BCUT2D eigenvalue weighted by Crippen LogP contribution is 2.21. The van der Waals surface area contributed by atoms with Crippen molar-refractivity contribution in [3.05, 3.63) is 36.7 Å². The zero-order valence-corrected chi connectivity index (χ0v) is 8.91. The highest BCUT2D eigenvalue weighted by Gasteiger charge is 2.10. The number of nitrogens with two attached hydrogens (primary N) is 2. The first kappa shape index (κ1) is 9.59. The van der Waals surface area contributed by atoms with Gasteiger partial charge in [-0.2, -0.15) is 0 Å². The summed E-state index contributed by atoms with van der Waals surface area (Å²) < 4.78 is 1.74. The molecule has 2 heterocycles. The molecule has 3 rings (SSSR count). The summed E-state index contributed by atoms with van der Waals surface area (Å²) in [6.45, 7) is 0. The predicted molar refractivity (Wildman–Crippen MR) is 65.5 cm³/mol. The van der Waals surface area contributed by atoms with Crippen molar-refractivity contribution in [2.24, 2.45) is 0 Å². The molecule has 0 unspecified atom stereocenters. The van der Waals surface area contributed by atoms with E-state index in [-0.39, 0.29) is 0 Å². The van der Waals surface area contributed by atoms with Crippen molar-refractivity contribution in [2.45, 2.75) is 0 Å². The van der Waals surface area contributed by atoms with Crippen molar-refractivity contribution in [3.63, 3.8) is 0 Å². The molecule has 0 radical (unpaired) electrons. The maximum Gasteiger partial charge on any atom is 0.207 e. The predicted octanol–water partition coefficient (Wildman–Crippen LogP) is 0.980. The lowest BCUT2D eigenvalue weighted by Gasteiger charge is -2.05. The molecule has 0 saturated carbocycles. The average Bonchev–Trinajstić information content (AvgIpc) is 2.64. The monoisotopic (exact) mass is 226 g/mol. The molecule has 3 aromatic rings. The Morgan fingerprint density at radius 1 is 1.06 bits per heavy atom. The summed E-state index contributed by atoms with van der Waals surface area (Å²) in [5.41, 5.74) is 13.2. The van der Waals surface area contributed by atoms with Crippen molar-refractivity contribution in [1.82, 2.24) is 19.5 Å². The summed E-state index contributed by atoms with van der Waals surface area (Å²) >= 11 is 0. The van der Waals surface area contributed by atoms with Gasteiger partial charge < -0.3 is 11.5 Å². The number of rotatable bonds is 1. The molecule has 0 atom stereocenters. The minimum atomic E-state index is 0.379. The van der Waals surface area contributed by atoms with E-state index < -0.39 is 0 Å². The van der Waals surface area contributed by atoms with Crippen LogP contribution in [0.15, 0.2) is 36.7 Å². The van der Waals surface area contributed by atoms with E-state index in [1.165, 1.54) is 6.33 Å². The van der Waals surface area contributed by atoms with E-state index in [0.29, 0.717) is 17.6 Å². The number of nitrogen functional groups attached to an aromatic ring is 2. The standard InChI is InChI=1S/C11H10N6/c12-9-5-10(15-6-14-9)17-8-4-2-1-3-7(8)16-11(17)13/h1-6H,(H2,13,16)(H2,12,14,15). The molecule has 84 valence electrons. The maximum absolute atomic E-state index is 5.89. The van der Waals surface area contributed by atoms with Crippen LogP contribution in [0.25, 0.3) is 16.9 Å². The van der Waals surface area contributed by atoms with Gasteiger partial charge in [0.05, 0.1) is 11.0 Å². The van der Waals surface area contributed by atoms with Crippen molar-refractivity contribution >= 4 is 22.8 Å². The van der Waals surface area contributed by atoms with E-state index in [4.69, 9.17) is 11.5 Å². The number of imidazole rings is 1. The van der Waals surface area contributed by atoms with Gasteiger partial charge in [0.2, 0.25) is 5.95 Å². The van der Waals surface area contributed by atoms with Crippen molar-refractivity contribution in [1.29, 1.82) is 0 Å². The van der Waals surface area contributed by atoms with Gasteiger partial charge in [-0.1, -0.05) is 12.1 Å². The number of aromatic nitrogens is 4. The topological polar surface area (TPSA) is 95.6 Å². The molecule has 0 aliphatic heterocycles. The molecule has 0 bridgehead atoms. The fourth-order valence-electron chi connectivity index (χ4n) is 1.77. The second-order valence-electron chi connectivity index (χ2n) is 3.60. The number of hydrogen-bond donors (Lipinski definition) is 2. The van der Waals surface area contributed by atoms with Crippen LogP contribution < -0.4 is 11.5 Å². The van der Waals surface area contributed by atoms with Gasteiger partial charge in [-0.25, -0.2) is 15.0 Å². The minimum absolute atomic E-state index is 0.379. The summed E-state index contributed by atoms with van der Waals surface area (Å²) in [5.74, 6) is 1.39. The molecule has 4 N–H and O–H groups in total. The van der Waals surface area contributed by atoms with Crippen LogP contribution in [0.3, 0.4) is 0 Å². The van der Waals surface area contributed by atoms with Crippen LogP contribution in [0.5, 0.6) is 0 Å². The van der Waals surface area contributed by atoms with Gasteiger partial charge in [0.25, 0.3) is 0 Å². The van der Waals surface area contributed by atoms with Crippen LogP contribution in [0.1, 0.15) is 0 Å². The van der Waals surface area contributed by atoms with Gasteiger partial charge in [0, 0.05) is 6.07 Å². The maximum atomic E-state index is 5.89. The number of hydrogen-bond acceptors (Lipinski definition) is 5. The lowest BCUT2D eigenvalue weighted by molar-refractivity contribution is 1.01. The van der Waals surface area contributed by atoms with Gasteiger partial charge in [-0.15, -0.1) is 0 Å². The van der Waals surface area contributed by atoms with Crippen LogP contribution in [0.2, 0.25) is 0 Å². The third kappa shape index (κ3) is 1.46. The Morgan fingerprint density at radius 3 is 2.71 bits per heavy atom. The zero-order chi connectivity index (χ0) is 11.8. The Kier molecular flexibility index (Phi) is 1.94. The smallest absolute Gasteiger partial charge is 0.207 e. The SMILES string of the molecule is Nc1cc(-n2c(N)nc3ccccc32)ncn1. The molecule has 6 nitrogen and oxygen atoms in total. The quantitative estimate of drug-likeness (QED) is 0.644. The van der Waals surface area contributed by atoms with Crippen LogP contribution in [0.4, 0.5) is 11.8 Å². The van der Waals surface area contributed by atoms with Gasteiger partial charge in [-0.3, -0.25) is 4.57 Å². The molecule has 6 heteroatoms. The van der Waals surface area contributed by atoms with E-state index in [1.807, 2.05) is 24.3 Å². The fraction of sp³-hybridized carbons (Fsp3) is 0. The number of nitrogens with zero attached hydrogens (tertiary/aromatic N) is 4. The molecule has 0 saturated heterocycles. The molecular weight excluding hydrogens is 216 g/mol. The Labute approximate surface area is 96.9 Å². The summed E-state index contributed by atoms with van der Waals surface area (Å²) in [4.78, 5) is 12.3. The zero-order valence-electron chi connectivity index (χ0n) is 8.91. The molecular formula is C11H10N6. The van der Waals surface area contributed by atoms with Gasteiger partial charge in [0.1, 0.15) is 18.0 Å².